The van der Waals surface area contributed by atoms with Gasteiger partial charge in [-0.15, -0.1) is 0 Å². The maximum Gasteiger partial charge on any atom is 0.189 e. The van der Waals surface area contributed by atoms with Crippen molar-refractivity contribution < 1.29 is 9.47 Å². The van der Waals surface area contributed by atoms with Crippen molar-refractivity contribution in [3.05, 3.63) is 35.4 Å². The van der Waals surface area contributed by atoms with Crippen LogP contribution in [0.25, 0.3) is 0 Å². The Labute approximate surface area is 83.8 Å². The molecule has 76 valence electrons. The van der Waals surface area contributed by atoms with E-state index in [0.717, 1.165) is 11.1 Å². The van der Waals surface area contributed by atoms with Gasteiger partial charge in [-0.25, -0.2) is 0 Å². The summed E-state index contributed by atoms with van der Waals surface area (Å²) in [6.07, 6.45) is -0.197. The first kappa shape index (κ1) is 9.65. The van der Waals surface area contributed by atoms with E-state index in [-0.39, 0.29) is 11.8 Å². The number of ether oxygens (including phenoxy) is 2. The zero-order valence-corrected chi connectivity index (χ0v) is 8.49. The first-order chi connectivity index (χ1) is 6.57. The molecule has 2 N–H and O–H groups in total. The minimum atomic E-state index is -0.320. The predicted octanol–water partition coefficient (Wildman–Crippen LogP) is 1.88. The van der Waals surface area contributed by atoms with Gasteiger partial charge >= 0.3 is 0 Å². The summed E-state index contributed by atoms with van der Waals surface area (Å²) in [4.78, 5) is 0. The first-order valence-corrected chi connectivity index (χ1v) is 4.70. The van der Waals surface area contributed by atoms with Gasteiger partial charge in [0.15, 0.2) is 13.1 Å². The predicted molar refractivity (Wildman–Crippen MR) is 53.4 cm³/mol. The van der Waals surface area contributed by atoms with Gasteiger partial charge in [0.1, 0.15) is 0 Å². The largest absolute Gasteiger partial charge is 0.322 e. The summed E-state index contributed by atoms with van der Waals surface area (Å²) in [6.45, 7) is 4.35. The summed E-state index contributed by atoms with van der Waals surface area (Å²) in [7, 11) is 0. The average molecular weight is 193 g/mol. The molecule has 1 heterocycles. The van der Waals surface area contributed by atoms with Crippen molar-refractivity contribution >= 4 is 0 Å². The molecule has 0 bridgehead atoms. The van der Waals surface area contributed by atoms with E-state index >= 15 is 0 Å². The quantitative estimate of drug-likeness (QED) is 0.780. The molecule has 1 aliphatic rings. The van der Waals surface area contributed by atoms with Crippen molar-refractivity contribution in [2.24, 2.45) is 5.73 Å². The number of nitrogens with two attached hydrogens (primary N) is 1. The maximum absolute atomic E-state index is 6.00. The van der Waals surface area contributed by atoms with E-state index in [2.05, 4.69) is 0 Å². The number of rotatable bonds is 2. The maximum atomic E-state index is 6.00. The van der Waals surface area contributed by atoms with Gasteiger partial charge in [0.05, 0.1) is 0 Å². The van der Waals surface area contributed by atoms with Crippen LogP contribution in [-0.2, 0) is 15.0 Å². The van der Waals surface area contributed by atoms with Crippen LogP contribution in [0.5, 0.6) is 0 Å². The fourth-order valence-electron chi connectivity index (χ4n) is 1.41. The van der Waals surface area contributed by atoms with Gasteiger partial charge in [0, 0.05) is 11.1 Å². The zero-order chi connectivity index (χ0) is 10.2. The van der Waals surface area contributed by atoms with Gasteiger partial charge < -0.3 is 15.2 Å². The number of benzene rings is 1. The molecule has 0 atom stereocenters. The van der Waals surface area contributed by atoms with E-state index in [9.17, 15) is 0 Å². The second-order valence-electron chi connectivity index (χ2n) is 4.13. The highest BCUT2D eigenvalue weighted by Gasteiger charge is 2.22. The van der Waals surface area contributed by atoms with E-state index < -0.39 is 0 Å². The lowest BCUT2D eigenvalue weighted by atomic mass is 9.94. The smallest absolute Gasteiger partial charge is 0.189 e. The fraction of sp³-hybridized carbons (Fsp3) is 0.455. The summed E-state index contributed by atoms with van der Waals surface area (Å²) < 4.78 is 10.4. The molecular weight excluding hydrogens is 178 g/mol. The second-order valence-corrected chi connectivity index (χ2v) is 4.13. The molecule has 3 nitrogen and oxygen atoms in total. The summed E-state index contributed by atoms with van der Waals surface area (Å²) in [5.41, 5.74) is 7.81. The third kappa shape index (κ3) is 1.80. The minimum Gasteiger partial charge on any atom is -0.322 e. The van der Waals surface area contributed by atoms with Crippen LogP contribution >= 0.6 is 0 Å². The van der Waals surface area contributed by atoms with Crippen LogP contribution in [0, 0.1) is 0 Å². The second kappa shape index (κ2) is 3.35. The third-order valence-corrected chi connectivity index (χ3v) is 2.34. The Balaban J connectivity index is 2.26. The lowest BCUT2D eigenvalue weighted by Gasteiger charge is -2.28. The third-order valence-electron chi connectivity index (χ3n) is 2.34. The highest BCUT2D eigenvalue weighted by Crippen LogP contribution is 2.28. The normalized spacial score (nSPS) is 17.9. The Morgan fingerprint density at radius 3 is 2.57 bits per heavy atom. The summed E-state index contributed by atoms with van der Waals surface area (Å²) in [6, 6.07) is 8.01. The highest BCUT2D eigenvalue weighted by molar-refractivity contribution is 5.29. The first-order valence-electron chi connectivity index (χ1n) is 4.70. The van der Waals surface area contributed by atoms with E-state index in [0.29, 0.717) is 6.79 Å². The molecule has 2 rings (SSSR count). The molecule has 1 fully saturated rings. The SMILES string of the molecule is CC(C)(N)c1cccc(C2OCO2)c1. The molecule has 3 heteroatoms. The van der Waals surface area contributed by atoms with E-state index in [4.69, 9.17) is 15.2 Å². The van der Waals surface area contributed by atoms with Crippen molar-refractivity contribution in [1.82, 2.24) is 0 Å². The van der Waals surface area contributed by atoms with Crippen molar-refractivity contribution in [1.29, 1.82) is 0 Å². The van der Waals surface area contributed by atoms with Gasteiger partial charge in [-0.05, 0) is 25.5 Å². The lowest BCUT2D eigenvalue weighted by molar-refractivity contribution is -0.326. The van der Waals surface area contributed by atoms with Crippen LogP contribution in [-0.4, -0.2) is 6.79 Å². The molecule has 0 amide bonds. The zero-order valence-electron chi connectivity index (χ0n) is 8.49. The van der Waals surface area contributed by atoms with Crippen LogP contribution in [0.4, 0.5) is 0 Å². The van der Waals surface area contributed by atoms with Crippen LogP contribution in [0.1, 0.15) is 31.3 Å². The standard InChI is InChI=1S/C11H15NO2/c1-11(2,12)9-5-3-4-8(6-9)10-13-7-14-10/h3-6,10H,7,12H2,1-2H3. The Kier molecular flexibility index (Phi) is 2.31. The van der Waals surface area contributed by atoms with E-state index in [1.54, 1.807) is 0 Å². The molecule has 0 spiro atoms. The molecular formula is C11H15NO2. The summed E-state index contributed by atoms with van der Waals surface area (Å²) in [5, 5.41) is 0. The Morgan fingerprint density at radius 2 is 2.07 bits per heavy atom. The molecule has 1 aromatic carbocycles. The molecule has 1 aliphatic heterocycles. The monoisotopic (exact) mass is 193 g/mol. The summed E-state index contributed by atoms with van der Waals surface area (Å²) >= 11 is 0. The van der Waals surface area contributed by atoms with Crippen LogP contribution < -0.4 is 5.73 Å². The van der Waals surface area contributed by atoms with Gasteiger partial charge in [0.2, 0.25) is 0 Å². The van der Waals surface area contributed by atoms with E-state index in [1.807, 2.05) is 38.1 Å². The van der Waals surface area contributed by atoms with Gasteiger partial charge in [0.25, 0.3) is 0 Å². The molecule has 0 unspecified atom stereocenters. The fourth-order valence-corrected chi connectivity index (χ4v) is 1.41. The Bertz CT molecular complexity index is 326. The van der Waals surface area contributed by atoms with Crippen molar-refractivity contribution in [2.45, 2.75) is 25.7 Å². The molecule has 0 saturated carbocycles. The van der Waals surface area contributed by atoms with Crippen molar-refractivity contribution in [2.75, 3.05) is 6.79 Å². The Morgan fingerprint density at radius 1 is 1.36 bits per heavy atom. The average Bonchev–Trinajstić information content (AvgIpc) is 2.00. The van der Waals surface area contributed by atoms with E-state index in [1.165, 1.54) is 0 Å². The number of hydrogen-bond donors (Lipinski definition) is 1. The Hall–Kier alpha value is -0.900. The van der Waals surface area contributed by atoms with Crippen LogP contribution in [0.2, 0.25) is 0 Å². The van der Waals surface area contributed by atoms with Crippen LogP contribution in [0.3, 0.4) is 0 Å². The van der Waals surface area contributed by atoms with Gasteiger partial charge in [-0.3, -0.25) is 0 Å². The molecule has 14 heavy (non-hydrogen) atoms. The topological polar surface area (TPSA) is 44.5 Å². The lowest BCUT2D eigenvalue weighted by Crippen LogP contribution is -2.29. The molecule has 1 aromatic rings. The van der Waals surface area contributed by atoms with Gasteiger partial charge in [-0.1, -0.05) is 18.2 Å². The van der Waals surface area contributed by atoms with Gasteiger partial charge in [-0.2, -0.15) is 0 Å². The van der Waals surface area contributed by atoms with Crippen molar-refractivity contribution in [3.63, 3.8) is 0 Å². The number of hydrogen-bond acceptors (Lipinski definition) is 3. The molecule has 0 aromatic heterocycles. The minimum absolute atomic E-state index is 0.197. The van der Waals surface area contributed by atoms with Crippen molar-refractivity contribution in [3.8, 4) is 0 Å². The summed E-state index contributed by atoms with van der Waals surface area (Å²) in [5.74, 6) is 0. The molecule has 0 aliphatic carbocycles. The molecule has 1 saturated heterocycles. The molecule has 0 radical (unpaired) electrons. The van der Waals surface area contributed by atoms with Crippen LogP contribution in [0.15, 0.2) is 24.3 Å². The highest BCUT2D eigenvalue weighted by atomic mass is 16.8.